The van der Waals surface area contributed by atoms with Gasteiger partial charge in [0.1, 0.15) is 4.90 Å². The van der Waals surface area contributed by atoms with E-state index < -0.39 is 10.0 Å². The first kappa shape index (κ1) is 12.6. The smallest absolute Gasteiger partial charge is 0.265 e. The quantitative estimate of drug-likeness (QED) is 0.481. The van der Waals surface area contributed by atoms with Crippen molar-refractivity contribution < 1.29 is 8.42 Å². The van der Waals surface area contributed by atoms with Crippen molar-refractivity contribution in [2.24, 2.45) is 5.84 Å². The molecule has 0 radical (unpaired) electrons. The molecule has 2 heterocycles. The van der Waals surface area contributed by atoms with E-state index >= 15 is 0 Å². The van der Waals surface area contributed by atoms with Gasteiger partial charge in [-0.25, -0.2) is 29.0 Å². The molecule has 0 aliphatic carbocycles. The van der Waals surface area contributed by atoms with Crippen LogP contribution in [-0.4, -0.2) is 23.4 Å². The zero-order valence-corrected chi connectivity index (χ0v) is 10.5. The summed E-state index contributed by atoms with van der Waals surface area (Å²) in [5.74, 6) is 5.43. The van der Waals surface area contributed by atoms with Crippen molar-refractivity contribution in [3.05, 3.63) is 29.7 Å². The Hall–Kier alpha value is -1.84. The summed E-state index contributed by atoms with van der Waals surface area (Å²) in [6.45, 7) is 0. The highest BCUT2D eigenvalue weighted by atomic mass is 35.5. The number of hydrogen-bond acceptors (Lipinski definition) is 6. The highest BCUT2D eigenvalue weighted by Crippen LogP contribution is 2.22. The highest BCUT2D eigenvalue weighted by molar-refractivity contribution is 7.92. The van der Waals surface area contributed by atoms with E-state index in [9.17, 15) is 8.42 Å². The minimum Gasteiger partial charge on any atom is -0.330 e. The molecule has 0 atom stereocenters. The van der Waals surface area contributed by atoms with Gasteiger partial charge in [0, 0.05) is 18.6 Å². The largest absolute Gasteiger partial charge is 0.330 e. The average molecular weight is 289 g/mol. The van der Waals surface area contributed by atoms with Crippen LogP contribution in [0.1, 0.15) is 0 Å². The van der Waals surface area contributed by atoms with E-state index in [2.05, 4.69) is 25.1 Å². The van der Waals surface area contributed by atoms with E-state index in [0.717, 1.165) is 6.20 Å². The lowest BCUT2D eigenvalue weighted by Crippen LogP contribution is -2.15. The fraction of sp³-hybridized carbons (Fsp3) is 0. The average Bonchev–Trinajstić information content (AvgIpc) is 2.81. The summed E-state index contributed by atoms with van der Waals surface area (Å²) in [4.78, 5) is 10.0. The van der Waals surface area contributed by atoms with Crippen LogP contribution in [0.15, 0.2) is 29.6 Å². The maximum absolute atomic E-state index is 11.9. The van der Waals surface area contributed by atoms with Crippen LogP contribution in [0.2, 0.25) is 5.02 Å². The summed E-state index contributed by atoms with van der Waals surface area (Å²) in [5.41, 5.74) is 2.24. The number of H-pyrrole nitrogens is 1. The molecule has 0 aliphatic heterocycles. The van der Waals surface area contributed by atoms with Gasteiger partial charge in [-0.15, -0.1) is 0 Å². The molecular formula is C8H9ClN6O2S. The van der Waals surface area contributed by atoms with Gasteiger partial charge in [0.2, 0.25) is 5.95 Å². The van der Waals surface area contributed by atoms with E-state index in [1.807, 2.05) is 0 Å². The van der Waals surface area contributed by atoms with Gasteiger partial charge in [0.05, 0.1) is 5.02 Å². The number of rotatable bonds is 4. The second kappa shape index (κ2) is 4.80. The van der Waals surface area contributed by atoms with Gasteiger partial charge < -0.3 is 10.4 Å². The van der Waals surface area contributed by atoms with E-state index in [4.69, 9.17) is 17.4 Å². The van der Waals surface area contributed by atoms with Crippen molar-refractivity contribution in [3.8, 4) is 0 Å². The number of imidazole rings is 1. The number of halogens is 1. The van der Waals surface area contributed by atoms with Crippen LogP contribution >= 0.6 is 11.6 Å². The molecule has 0 saturated heterocycles. The third kappa shape index (κ3) is 2.53. The molecule has 0 amide bonds. The van der Waals surface area contributed by atoms with Gasteiger partial charge in [0.25, 0.3) is 10.0 Å². The summed E-state index contributed by atoms with van der Waals surface area (Å²) >= 11 is 5.80. The molecule has 0 unspecified atom stereocenters. The van der Waals surface area contributed by atoms with E-state index in [1.54, 1.807) is 0 Å². The van der Waals surface area contributed by atoms with Gasteiger partial charge in [-0.2, -0.15) is 0 Å². The maximum Gasteiger partial charge on any atom is 0.265 e. The minimum absolute atomic E-state index is 0.0945. The van der Waals surface area contributed by atoms with Crippen LogP contribution in [0.3, 0.4) is 0 Å². The minimum atomic E-state index is -3.79. The molecule has 0 fully saturated rings. The van der Waals surface area contributed by atoms with Crippen molar-refractivity contribution in [1.29, 1.82) is 0 Å². The summed E-state index contributed by atoms with van der Waals surface area (Å²) in [5, 5.41) is 0.0971. The molecule has 5 N–H and O–H groups in total. The Bertz CT molecular complexity index is 642. The monoisotopic (exact) mass is 288 g/mol. The second-order valence-corrected chi connectivity index (χ2v) is 5.28. The van der Waals surface area contributed by atoms with Crippen LogP contribution in [0.25, 0.3) is 0 Å². The van der Waals surface area contributed by atoms with E-state index in [-0.39, 0.29) is 21.7 Å². The third-order valence-corrected chi connectivity index (χ3v) is 3.59. The summed E-state index contributed by atoms with van der Waals surface area (Å²) < 4.78 is 26.1. The van der Waals surface area contributed by atoms with Crippen molar-refractivity contribution >= 4 is 33.4 Å². The Morgan fingerprint density at radius 1 is 1.39 bits per heavy atom. The number of pyridine rings is 1. The molecule has 2 aromatic heterocycles. The molecule has 0 spiro atoms. The number of nitrogens with two attached hydrogens (primary N) is 1. The molecular weight excluding hydrogens is 280 g/mol. The number of nitrogen functional groups attached to an aromatic ring is 1. The SMILES string of the molecule is NNc1ncc(S(=O)(=O)Nc2ncc[nH]2)cc1Cl. The molecule has 10 heteroatoms. The third-order valence-electron chi connectivity index (χ3n) is 1.99. The molecule has 8 nitrogen and oxygen atoms in total. The number of anilines is 2. The van der Waals surface area contributed by atoms with Crippen LogP contribution < -0.4 is 16.0 Å². The zero-order chi connectivity index (χ0) is 13.2. The van der Waals surface area contributed by atoms with Gasteiger partial charge in [0.15, 0.2) is 5.82 Å². The molecule has 2 rings (SSSR count). The number of nitrogens with zero attached hydrogens (tertiary/aromatic N) is 2. The van der Waals surface area contributed by atoms with Gasteiger partial charge in [-0.05, 0) is 6.07 Å². The zero-order valence-electron chi connectivity index (χ0n) is 8.88. The van der Waals surface area contributed by atoms with Crippen molar-refractivity contribution in [2.75, 3.05) is 10.1 Å². The predicted molar refractivity (Wildman–Crippen MR) is 66.5 cm³/mol. The first-order chi connectivity index (χ1) is 8.53. The molecule has 0 saturated carbocycles. The molecule has 18 heavy (non-hydrogen) atoms. The van der Waals surface area contributed by atoms with Crippen molar-refractivity contribution in [3.63, 3.8) is 0 Å². The molecule has 0 bridgehead atoms. The van der Waals surface area contributed by atoms with Crippen LogP contribution in [0.4, 0.5) is 11.8 Å². The lowest BCUT2D eigenvalue weighted by Gasteiger charge is -2.07. The van der Waals surface area contributed by atoms with Crippen LogP contribution in [-0.2, 0) is 10.0 Å². The number of sulfonamides is 1. The topological polar surface area (TPSA) is 126 Å². The summed E-state index contributed by atoms with van der Waals surface area (Å²) in [6.07, 6.45) is 4.04. The molecule has 96 valence electrons. The number of aromatic amines is 1. The summed E-state index contributed by atoms with van der Waals surface area (Å²) in [6, 6.07) is 1.23. The Morgan fingerprint density at radius 2 is 2.17 bits per heavy atom. The lowest BCUT2D eigenvalue weighted by molar-refractivity contribution is 0.600. The van der Waals surface area contributed by atoms with Crippen LogP contribution in [0.5, 0.6) is 0 Å². The molecule has 0 aliphatic rings. The normalized spacial score (nSPS) is 11.2. The second-order valence-electron chi connectivity index (χ2n) is 3.19. The van der Waals surface area contributed by atoms with Gasteiger partial charge >= 0.3 is 0 Å². The Balaban J connectivity index is 2.33. The fourth-order valence-corrected chi connectivity index (χ4v) is 2.41. The standard InChI is InChI=1S/C8H9ClN6O2S/c9-6-3-5(4-13-7(6)14-10)18(16,17)15-8-11-1-2-12-8/h1-4H,10H2,(H,13,14)(H2,11,12,15). The molecule has 0 aromatic carbocycles. The van der Waals surface area contributed by atoms with Crippen LogP contribution in [0, 0.1) is 0 Å². The fourth-order valence-electron chi connectivity index (χ4n) is 1.18. The molecule has 2 aromatic rings. The number of hydrogen-bond donors (Lipinski definition) is 4. The van der Waals surface area contributed by atoms with Gasteiger partial charge in [-0.1, -0.05) is 11.6 Å². The van der Waals surface area contributed by atoms with Crippen molar-refractivity contribution in [1.82, 2.24) is 15.0 Å². The first-order valence-electron chi connectivity index (χ1n) is 4.67. The highest BCUT2D eigenvalue weighted by Gasteiger charge is 2.17. The van der Waals surface area contributed by atoms with E-state index in [0.29, 0.717) is 0 Å². The van der Waals surface area contributed by atoms with Crippen molar-refractivity contribution in [2.45, 2.75) is 4.90 Å². The van der Waals surface area contributed by atoms with Gasteiger partial charge in [-0.3, -0.25) is 0 Å². The number of nitrogens with one attached hydrogen (secondary N) is 3. The summed E-state index contributed by atoms with van der Waals surface area (Å²) in [7, 11) is -3.79. The first-order valence-corrected chi connectivity index (χ1v) is 6.53. The number of aromatic nitrogens is 3. The number of hydrazine groups is 1. The van der Waals surface area contributed by atoms with E-state index in [1.165, 1.54) is 18.5 Å². The predicted octanol–water partition coefficient (Wildman–Crippen LogP) is 0.544. The Kier molecular flexibility index (Phi) is 3.36. The maximum atomic E-state index is 11.9. The lowest BCUT2D eigenvalue weighted by atomic mass is 10.5. The Labute approximate surface area is 108 Å². The Morgan fingerprint density at radius 3 is 2.72 bits per heavy atom.